The van der Waals surface area contributed by atoms with Crippen molar-refractivity contribution < 1.29 is 13.5 Å². The lowest BCUT2D eigenvalue weighted by molar-refractivity contribution is 0.122. The number of fused-ring (bicyclic) bond motifs is 2. The molecular formula is C24H22F2N8O. The summed E-state index contributed by atoms with van der Waals surface area (Å²) >= 11 is 0. The summed E-state index contributed by atoms with van der Waals surface area (Å²) in [6.45, 7) is 2.24. The van der Waals surface area contributed by atoms with E-state index in [0.29, 0.717) is 43.3 Å². The zero-order chi connectivity index (χ0) is 23.9. The number of ether oxygens (including phenoxy) is 1. The first-order valence-electron chi connectivity index (χ1n) is 11.2. The Morgan fingerprint density at radius 1 is 0.914 bits per heavy atom. The van der Waals surface area contributed by atoms with Crippen LogP contribution in [0.25, 0.3) is 27.9 Å². The van der Waals surface area contributed by atoms with E-state index in [9.17, 15) is 8.78 Å². The molecule has 9 nitrogen and oxygen atoms in total. The predicted molar refractivity (Wildman–Crippen MR) is 129 cm³/mol. The fourth-order valence-corrected chi connectivity index (χ4v) is 4.30. The Labute approximate surface area is 199 Å². The molecule has 0 amide bonds. The number of aryl methyl sites for hydroxylation is 1. The highest BCUT2D eigenvalue weighted by Crippen LogP contribution is 2.28. The van der Waals surface area contributed by atoms with Crippen molar-refractivity contribution in [3.05, 3.63) is 60.6 Å². The third kappa shape index (κ3) is 3.93. The number of halogens is 2. The van der Waals surface area contributed by atoms with Crippen molar-refractivity contribution in [1.29, 1.82) is 0 Å². The Morgan fingerprint density at radius 3 is 2.54 bits per heavy atom. The van der Waals surface area contributed by atoms with E-state index in [1.807, 2.05) is 47.0 Å². The number of morpholine rings is 1. The van der Waals surface area contributed by atoms with Crippen LogP contribution in [-0.2, 0) is 11.8 Å². The van der Waals surface area contributed by atoms with Crippen LogP contribution in [0.15, 0.2) is 54.7 Å². The molecule has 0 spiro atoms. The number of imidazole rings is 1. The summed E-state index contributed by atoms with van der Waals surface area (Å²) in [5.74, 6) is 0.306. The molecule has 5 aromatic rings. The monoisotopic (exact) mass is 476 g/mol. The lowest BCUT2D eigenvalue weighted by Gasteiger charge is -2.27. The normalized spacial score (nSPS) is 14.3. The molecular weight excluding hydrogens is 454 g/mol. The highest BCUT2D eigenvalue weighted by Gasteiger charge is 2.24. The first-order valence-corrected chi connectivity index (χ1v) is 11.2. The van der Waals surface area contributed by atoms with E-state index < -0.39 is 12.2 Å². The standard InChI is InChI=1S/C24H22F2N8O/c1-32-9-8-15-14-16(6-7-18(15)32)27-22-29-23(33-10-12-35-13-11-33)31-24(30-22)34-19-5-3-2-4-17(19)28-21(34)20(25)26/h2-9,14,20H,10-13H2,1H3,(H,27,29,30,31). The smallest absolute Gasteiger partial charge is 0.296 e. The molecule has 0 bridgehead atoms. The first kappa shape index (κ1) is 21.4. The van der Waals surface area contributed by atoms with Crippen LogP contribution in [0, 0.1) is 0 Å². The molecule has 11 heteroatoms. The van der Waals surface area contributed by atoms with Crippen LogP contribution in [0.4, 0.5) is 26.4 Å². The average Bonchev–Trinajstić information content (AvgIpc) is 3.45. The number of anilines is 3. The van der Waals surface area contributed by atoms with Gasteiger partial charge in [-0.3, -0.25) is 4.57 Å². The molecule has 1 N–H and O–H groups in total. The van der Waals surface area contributed by atoms with Crippen molar-refractivity contribution in [1.82, 2.24) is 29.1 Å². The van der Waals surface area contributed by atoms with Gasteiger partial charge in [0.15, 0.2) is 5.82 Å². The van der Waals surface area contributed by atoms with Crippen LogP contribution >= 0.6 is 0 Å². The number of alkyl halides is 2. The molecule has 0 unspecified atom stereocenters. The minimum absolute atomic E-state index is 0.0776. The van der Waals surface area contributed by atoms with Gasteiger partial charge in [0, 0.05) is 42.9 Å². The Morgan fingerprint density at radius 2 is 1.71 bits per heavy atom. The molecule has 0 saturated carbocycles. The van der Waals surface area contributed by atoms with Crippen molar-refractivity contribution in [2.24, 2.45) is 7.05 Å². The number of aromatic nitrogens is 6. The predicted octanol–water partition coefficient (Wildman–Crippen LogP) is 4.22. The zero-order valence-electron chi connectivity index (χ0n) is 18.9. The summed E-state index contributed by atoms with van der Waals surface area (Å²) in [6, 6.07) is 14.9. The van der Waals surface area contributed by atoms with Crippen LogP contribution in [-0.4, -0.2) is 55.4 Å². The first-order chi connectivity index (χ1) is 17.1. The number of hydrogen-bond donors (Lipinski definition) is 1. The molecule has 4 heterocycles. The summed E-state index contributed by atoms with van der Waals surface area (Å²) in [5.41, 5.74) is 2.81. The maximum absolute atomic E-state index is 14.0. The van der Waals surface area contributed by atoms with Crippen LogP contribution in [0.1, 0.15) is 12.2 Å². The molecule has 35 heavy (non-hydrogen) atoms. The van der Waals surface area contributed by atoms with Gasteiger partial charge in [-0.1, -0.05) is 12.1 Å². The lowest BCUT2D eigenvalue weighted by atomic mass is 10.2. The topological polar surface area (TPSA) is 85.9 Å². The fraction of sp³-hybridized carbons (Fsp3) is 0.250. The summed E-state index contributed by atoms with van der Waals surface area (Å²) < 4.78 is 36.8. The SMILES string of the molecule is Cn1ccc2cc(Nc3nc(N4CCOCC4)nc(-n4c(C(F)F)nc5ccccc54)n3)ccc21. The maximum atomic E-state index is 14.0. The molecule has 1 fully saturated rings. The lowest BCUT2D eigenvalue weighted by Crippen LogP contribution is -2.37. The largest absolute Gasteiger partial charge is 0.378 e. The van der Waals surface area contributed by atoms with Gasteiger partial charge < -0.3 is 19.5 Å². The van der Waals surface area contributed by atoms with Crippen LogP contribution < -0.4 is 10.2 Å². The van der Waals surface area contributed by atoms with Crippen molar-refractivity contribution >= 4 is 39.5 Å². The Balaban J connectivity index is 1.48. The molecule has 0 aliphatic carbocycles. The number of para-hydroxylation sites is 2. The van der Waals surface area contributed by atoms with Crippen LogP contribution in [0.5, 0.6) is 0 Å². The summed E-state index contributed by atoms with van der Waals surface area (Å²) in [7, 11) is 1.98. The second-order valence-electron chi connectivity index (χ2n) is 8.28. The van der Waals surface area contributed by atoms with E-state index in [1.54, 1.807) is 24.3 Å². The van der Waals surface area contributed by atoms with E-state index in [1.165, 1.54) is 4.57 Å². The van der Waals surface area contributed by atoms with Crippen molar-refractivity contribution in [3.8, 4) is 5.95 Å². The Bertz CT molecular complexity index is 1520. The number of nitrogens with zero attached hydrogens (tertiary/aromatic N) is 7. The van der Waals surface area contributed by atoms with Gasteiger partial charge in [0.25, 0.3) is 6.43 Å². The van der Waals surface area contributed by atoms with E-state index in [4.69, 9.17) is 4.74 Å². The van der Waals surface area contributed by atoms with Crippen molar-refractivity contribution in [2.45, 2.75) is 6.43 Å². The average molecular weight is 476 g/mol. The summed E-state index contributed by atoms with van der Waals surface area (Å²) in [5, 5.41) is 4.29. The van der Waals surface area contributed by atoms with Gasteiger partial charge in [0.05, 0.1) is 24.2 Å². The second-order valence-corrected chi connectivity index (χ2v) is 8.28. The van der Waals surface area contributed by atoms with E-state index in [0.717, 1.165) is 16.6 Å². The van der Waals surface area contributed by atoms with Crippen LogP contribution in [0.3, 0.4) is 0 Å². The van der Waals surface area contributed by atoms with Gasteiger partial charge in [0.2, 0.25) is 17.8 Å². The number of hydrogen-bond acceptors (Lipinski definition) is 7. The van der Waals surface area contributed by atoms with Gasteiger partial charge in [0.1, 0.15) is 0 Å². The second kappa shape index (κ2) is 8.58. The number of nitrogens with one attached hydrogen (secondary N) is 1. The fourth-order valence-electron chi connectivity index (χ4n) is 4.30. The molecule has 1 aliphatic rings. The number of rotatable bonds is 5. The molecule has 1 saturated heterocycles. The minimum Gasteiger partial charge on any atom is -0.378 e. The molecule has 2 aromatic carbocycles. The highest BCUT2D eigenvalue weighted by molar-refractivity contribution is 5.84. The molecule has 178 valence electrons. The van der Waals surface area contributed by atoms with Crippen molar-refractivity contribution in [3.63, 3.8) is 0 Å². The molecule has 6 rings (SSSR count). The number of benzene rings is 2. The van der Waals surface area contributed by atoms with Gasteiger partial charge in [-0.25, -0.2) is 13.8 Å². The Hall–Kier alpha value is -4.12. The van der Waals surface area contributed by atoms with Gasteiger partial charge in [-0.2, -0.15) is 15.0 Å². The van der Waals surface area contributed by atoms with Crippen LogP contribution in [0.2, 0.25) is 0 Å². The van der Waals surface area contributed by atoms with E-state index >= 15 is 0 Å². The molecule has 0 radical (unpaired) electrons. The highest BCUT2D eigenvalue weighted by atomic mass is 19.3. The zero-order valence-corrected chi connectivity index (χ0v) is 18.9. The van der Waals surface area contributed by atoms with E-state index in [-0.39, 0.29) is 11.9 Å². The Kier molecular flexibility index (Phi) is 5.25. The van der Waals surface area contributed by atoms with Crippen molar-refractivity contribution in [2.75, 3.05) is 36.5 Å². The quantitative estimate of drug-likeness (QED) is 0.407. The van der Waals surface area contributed by atoms with E-state index in [2.05, 4.69) is 25.3 Å². The van der Waals surface area contributed by atoms with Gasteiger partial charge >= 0.3 is 0 Å². The minimum atomic E-state index is -2.80. The summed E-state index contributed by atoms with van der Waals surface area (Å²) in [6.07, 6.45) is -0.815. The molecule has 1 aliphatic heterocycles. The molecule has 0 atom stereocenters. The summed E-state index contributed by atoms with van der Waals surface area (Å²) in [4.78, 5) is 19.8. The maximum Gasteiger partial charge on any atom is 0.296 e. The van der Waals surface area contributed by atoms with Gasteiger partial charge in [-0.15, -0.1) is 0 Å². The third-order valence-corrected chi connectivity index (χ3v) is 6.03. The molecule has 3 aromatic heterocycles. The van der Waals surface area contributed by atoms with Gasteiger partial charge in [-0.05, 0) is 36.4 Å². The third-order valence-electron chi connectivity index (χ3n) is 6.03.